The number of ether oxygens (including phenoxy) is 1. The Morgan fingerprint density at radius 3 is 2.64 bits per heavy atom. The highest BCUT2D eigenvalue weighted by Gasteiger charge is 2.07. The van der Waals surface area contributed by atoms with Gasteiger partial charge in [0, 0.05) is 6.54 Å². The maximum Gasteiger partial charge on any atom is 0.166 e. The lowest BCUT2D eigenvalue weighted by atomic mass is 10.1. The van der Waals surface area contributed by atoms with Crippen molar-refractivity contribution in [3.8, 4) is 5.75 Å². The van der Waals surface area contributed by atoms with E-state index < -0.39 is 0 Å². The van der Waals surface area contributed by atoms with Crippen LogP contribution in [-0.2, 0) is 6.42 Å². The van der Waals surface area contributed by atoms with Crippen LogP contribution in [0.15, 0.2) is 54.6 Å². The second-order valence-electron chi connectivity index (χ2n) is 5.13. The van der Waals surface area contributed by atoms with Gasteiger partial charge < -0.3 is 15.4 Å². The largest absolute Gasteiger partial charge is 0.497 e. The third-order valence-corrected chi connectivity index (χ3v) is 3.75. The van der Waals surface area contributed by atoms with Crippen molar-refractivity contribution in [2.24, 2.45) is 0 Å². The fourth-order valence-electron chi connectivity index (χ4n) is 2.21. The summed E-state index contributed by atoms with van der Waals surface area (Å²) in [5.74, 6) is 0.856. The minimum Gasteiger partial charge on any atom is -0.497 e. The van der Waals surface area contributed by atoms with E-state index in [0.717, 1.165) is 24.3 Å². The molecule has 2 aromatic rings. The smallest absolute Gasteiger partial charge is 0.166 e. The van der Waals surface area contributed by atoms with Gasteiger partial charge in [-0.05, 0) is 48.8 Å². The first-order chi connectivity index (χ1) is 10.7. The number of rotatable bonds is 6. The highest BCUT2D eigenvalue weighted by atomic mass is 32.1. The van der Waals surface area contributed by atoms with Crippen LogP contribution in [0.25, 0.3) is 0 Å². The molecule has 0 fully saturated rings. The summed E-state index contributed by atoms with van der Waals surface area (Å²) in [6.07, 6.45) is 0.955. The molecule has 3 nitrogen and oxygen atoms in total. The summed E-state index contributed by atoms with van der Waals surface area (Å²) in [4.78, 5) is 0. The molecule has 4 heteroatoms. The van der Waals surface area contributed by atoms with Gasteiger partial charge in [0.25, 0.3) is 0 Å². The van der Waals surface area contributed by atoms with Crippen molar-refractivity contribution < 1.29 is 4.74 Å². The van der Waals surface area contributed by atoms with E-state index >= 15 is 0 Å². The second kappa shape index (κ2) is 8.39. The van der Waals surface area contributed by atoms with Gasteiger partial charge in [0.05, 0.1) is 13.2 Å². The van der Waals surface area contributed by atoms with Crippen molar-refractivity contribution in [2.75, 3.05) is 13.7 Å². The molecule has 116 valence electrons. The van der Waals surface area contributed by atoms with Crippen LogP contribution in [0.1, 0.15) is 24.1 Å². The van der Waals surface area contributed by atoms with Crippen LogP contribution >= 0.6 is 12.2 Å². The molecule has 0 spiro atoms. The Balaban J connectivity index is 1.78. The summed E-state index contributed by atoms with van der Waals surface area (Å²) < 4.78 is 5.25. The summed E-state index contributed by atoms with van der Waals surface area (Å²) in [6, 6.07) is 18.5. The molecule has 1 atom stereocenters. The minimum absolute atomic E-state index is 0.131. The Morgan fingerprint density at radius 2 is 1.91 bits per heavy atom. The van der Waals surface area contributed by atoms with E-state index in [1.54, 1.807) is 7.11 Å². The first-order valence-corrected chi connectivity index (χ1v) is 7.82. The quantitative estimate of drug-likeness (QED) is 0.800. The van der Waals surface area contributed by atoms with Crippen molar-refractivity contribution in [3.63, 3.8) is 0 Å². The Kier molecular flexibility index (Phi) is 6.22. The zero-order chi connectivity index (χ0) is 15.8. The van der Waals surface area contributed by atoms with E-state index in [4.69, 9.17) is 17.0 Å². The number of hydrogen-bond acceptors (Lipinski definition) is 2. The van der Waals surface area contributed by atoms with Crippen molar-refractivity contribution in [3.05, 3.63) is 65.7 Å². The normalized spacial score (nSPS) is 11.5. The molecular formula is C18H22N2OS. The van der Waals surface area contributed by atoms with Crippen LogP contribution in [0, 0.1) is 0 Å². The fourth-order valence-corrected chi connectivity index (χ4v) is 2.49. The van der Waals surface area contributed by atoms with E-state index in [9.17, 15) is 0 Å². The molecule has 1 unspecified atom stereocenters. The summed E-state index contributed by atoms with van der Waals surface area (Å²) >= 11 is 5.35. The molecule has 0 saturated carbocycles. The van der Waals surface area contributed by atoms with E-state index in [2.05, 4.69) is 47.9 Å². The molecule has 0 amide bonds. The third-order valence-electron chi connectivity index (χ3n) is 3.48. The Labute approximate surface area is 137 Å². The molecule has 2 N–H and O–H groups in total. The van der Waals surface area contributed by atoms with Gasteiger partial charge in [-0.3, -0.25) is 0 Å². The predicted octanol–water partition coefficient (Wildman–Crippen LogP) is 3.46. The maximum atomic E-state index is 5.35. The molecule has 22 heavy (non-hydrogen) atoms. The summed E-state index contributed by atoms with van der Waals surface area (Å²) in [7, 11) is 1.67. The standard InChI is InChI=1S/C18H22N2OS/c1-14(16-9-6-10-17(13-16)21-2)20-18(22)19-12-11-15-7-4-3-5-8-15/h3-10,13-14H,11-12H2,1-2H3,(H2,19,20,22). The Bertz CT molecular complexity index is 601. The first kappa shape index (κ1) is 16.3. The molecule has 0 aromatic heterocycles. The monoisotopic (exact) mass is 314 g/mol. The number of methoxy groups -OCH3 is 1. The fraction of sp³-hybridized carbons (Fsp3) is 0.278. The topological polar surface area (TPSA) is 33.3 Å². The number of nitrogens with one attached hydrogen (secondary N) is 2. The second-order valence-corrected chi connectivity index (χ2v) is 5.54. The summed E-state index contributed by atoms with van der Waals surface area (Å²) in [6.45, 7) is 2.90. The van der Waals surface area contributed by atoms with Crippen molar-refractivity contribution >= 4 is 17.3 Å². The molecule has 0 aliphatic rings. The van der Waals surface area contributed by atoms with E-state index in [1.807, 2.05) is 24.3 Å². The van der Waals surface area contributed by atoms with Crippen molar-refractivity contribution in [1.29, 1.82) is 0 Å². The Morgan fingerprint density at radius 1 is 1.14 bits per heavy atom. The number of benzene rings is 2. The maximum absolute atomic E-state index is 5.35. The zero-order valence-corrected chi connectivity index (χ0v) is 13.8. The molecular weight excluding hydrogens is 292 g/mol. The van der Waals surface area contributed by atoms with Crippen LogP contribution in [0.3, 0.4) is 0 Å². The van der Waals surface area contributed by atoms with Gasteiger partial charge in [-0.1, -0.05) is 42.5 Å². The van der Waals surface area contributed by atoms with Crippen LogP contribution in [0.5, 0.6) is 5.75 Å². The third kappa shape index (κ3) is 5.04. The lowest BCUT2D eigenvalue weighted by Crippen LogP contribution is -2.37. The van der Waals surface area contributed by atoms with Crippen molar-refractivity contribution in [2.45, 2.75) is 19.4 Å². The number of hydrogen-bond donors (Lipinski definition) is 2. The van der Waals surface area contributed by atoms with Crippen LogP contribution in [0.4, 0.5) is 0 Å². The molecule has 2 rings (SSSR count). The lowest BCUT2D eigenvalue weighted by Gasteiger charge is -2.18. The van der Waals surface area contributed by atoms with E-state index in [1.165, 1.54) is 5.56 Å². The van der Waals surface area contributed by atoms with Gasteiger partial charge in [0.15, 0.2) is 5.11 Å². The lowest BCUT2D eigenvalue weighted by molar-refractivity contribution is 0.413. The molecule has 0 aliphatic heterocycles. The molecule has 0 heterocycles. The van der Waals surface area contributed by atoms with Gasteiger partial charge in [-0.2, -0.15) is 0 Å². The summed E-state index contributed by atoms with van der Waals surface area (Å²) in [5, 5.41) is 7.22. The van der Waals surface area contributed by atoms with Gasteiger partial charge in [0.1, 0.15) is 5.75 Å². The van der Waals surface area contributed by atoms with Gasteiger partial charge in [-0.25, -0.2) is 0 Å². The first-order valence-electron chi connectivity index (χ1n) is 7.41. The van der Waals surface area contributed by atoms with Gasteiger partial charge >= 0.3 is 0 Å². The average Bonchev–Trinajstić information content (AvgIpc) is 2.56. The van der Waals surface area contributed by atoms with Gasteiger partial charge in [-0.15, -0.1) is 0 Å². The van der Waals surface area contributed by atoms with Gasteiger partial charge in [0.2, 0.25) is 0 Å². The van der Waals surface area contributed by atoms with Crippen LogP contribution in [0.2, 0.25) is 0 Å². The molecule has 0 saturated heterocycles. The van der Waals surface area contributed by atoms with E-state index in [-0.39, 0.29) is 6.04 Å². The average molecular weight is 314 g/mol. The zero-order valence-electron chi connectivity index (χ0n) is 13.0. The van der Waals surface area contributed by atoms with Crippen LogP contribution < -0.4 is 15.4 Å². The highest BCUT2D eigenvalue weighted by molar-refractivity contribution is 7.80. The summed E-state index contributed by atoms with van der Waals surface area (Å²) in [5.41, 5.74) is 2.45. The number of thiocarbonyl (C=S) groups is 1. The van der Waals surface area contributed by atoms with E-state index in [0.29, 0.717) is 5.11 Å². The molecule has 0 bridgehead atoms. The van der Waals surface area contributed by atoms with Crippen molar-refractivity contribution in [1.82, 2.24) is 10.6 Å². The predicted molar refractivity (Wildman–Crippen MR) is 95.3 cm³/mol. The Hall–Kier alpha value is -2.07. The minimum atomic E-state index is 0.131. The highest BCUT2D eigenvalue weighted by Crippen LogP contribution is 2.18. The molecule has 2 aromatic carbocycles. The molecule has 0 aliphatic carbocycles. The SMILES string of the molecule is COc1cccc(C(C)NC(=S)NCCc2ccccc2)c1. The molecule has 0 radical (unpaired) electrons. The van der Waals surface area contributed by atoms with Crippen LogP contribution in [-0.4, -0.2) is 18.8 Å².